The van der Waals surface area contributed by atoms with Crippen LogP contribution in [0.15, 0.2) is 66.7 Å². The van der Waals surface area contributed by atoms with Crippen LogP contribution in [0.4, 0.5) is 5.69 Å². The van der Waals surface area contributed by atoms with Crippen molar-refractivity contribution in [2.45, 2.75) is 52.6 Å². The first-order chi connectivity index (χ1) is 17.5. The number of methoxy groups -OCH3 is 1. The molecule has 3 aromatic rings. The number of benzene rings is 3. The Morgan fingerprint density at radius 1 is 0.919 bits per heavy atom. The molecule has 0 saturated carbocycles. The lowest BCUT2D eigenvalue weighted by molar-refractivity contribution is -0.147. The lowest BCUT2D eigenvalue weighted by Crippen LogP contribution is -2.45. The van der Waals surface area contributed by atoms with Crippen molar-refractivity contribution in [1.82, 2.24) is 4.90 Å². The number of anilines is 1. The summed E-state index contributed by atoms with van der Waals surface area (Å²) in [6.07, 6.45) is 0. The second-order valence-corrected chi connectivity index (χ2v) is 10.9. The predicted octanol–water partition coefficient (Wildman–Crippen LogP) is 6.06. The van der Waals surface area contributed by atoms with E-state index >= 15 is 0 Å². The lowest BCUT2D eigenvalue weighted by atomic mass is 9.87. The van der Waals surface area contributed by atoms with Crippen molar-refractivity contribution >= 4 is 23.5 Å². The predicted molar refractivity (Wildman–Crippen MR) is 145 cm³/mol. The van der Waals surface area contributed by atoms with Gasteiger partial charge in [0.2, 0.25) is 0 Å². The van der Waals surface area contributed by atoms with E-state index in [-0.39, 0.29) is 23.1 Å². The molecule has 0 bridgehead atoms. The lowest BCUT2D eigenvalue weighted by Gasteiger charge is -2.28. The average Bonchev–Trinajstić information content (AvgIpc) is 3.18. The summed E-state index contributed by atoms with van der Waals surface area (Å²) in [6, 6.07) is 20.4. The molecular weight excluding hydrogens is 464 g/mol. The Morgan fingerprint density at radius 2 is 1.54 bits per heavy atom. The molecule has 0 radical (unpaired) electrons. The van der Waals surface area contributed by atoms with Gasteiger partial charge in [0.1, 0.15) is 6.04 Å². The zero-order chi connectivity index (χ0) is 26.9. The van der Waals surface area contributed by atoms with Gasteiger partial charge in [-0.05, 0) is 70.0 Å². The van der Waals surface area contributed by atoms with E-state index in [9.17, 15) is 14.4 Å². The van der Waals surface area contributed by atoms with Crippen LogP contribution in [0.2, 0.25) is 0 Å². The Balaban J connectivity index is 1.48. The van der Waals surface area contributed by atoms with Gasteiger partial charge in [-0.3, -0.25) is 9.59 Å². The maximum atomic E-state index is 13.0. The molecule has 4 rings (SSSR count). The standard InChI is InChI=1S/C31H34N2O4/c1-19(2)27(30(36)37-6)33-18-23-17-22(11-16-26(23)29(33)35)20-9-14-25(15-10-20)32-28(34)21-7-12-24(13-8-21)31(3,4)5/h7-17,19,27H,18H2,1-6H3,(H,32,34). The fraction of sp³-hybridized carbons (Fsp3) is 0.323. The highest BCUT2D eigenvalue weighted by Gasteiger charge is 2.38. The minimum Gasteiger partial charge on any atom is -0.467 e. The fourth-order valence-electron chi connectivity index (χ4n) is 4.70. The number of rotatable bonds is 6. The number of ether oxygens (including phenoxy) is 1. The minimum absolute atomic E-state index is 0.0332. The minimum atomic E-state index is -0.624. The number of nitrogens with zero attached hydrogens (tertiary/aromatic N) is 1. The average molecular weight is 499 g/mol. The van der Waals surface area contributed by atoms with Gasteiger partial charge in [0.25, 0.3) is 11.8 Å². The van der Waals surface area contributed by atoms with Gasteiger partial charge in [0.15, 0.2) is 0 Å². The molecule has 1 aliphatic heterocycles. The van der Waals surface area contributed by atoms with E-state index in [1.54, 1.807) is 4.90 Å². The summed E-state index contributed by atoms with van der Waals surface area (Å²) in [7, 11) is 1.35. The van der Waals surface area contributed by atoms with Gasteiger partial charge < -0.3 is 15.0 Å². The number of amides is 2. The zero-order valence-electron chi connectivity index (χ0n) is 22.3. The Kier molecular flexibility index (Phi) is 7.21. The number of fused-ring (bicyclic) bond motifs is 1. The Hall–Kier alpha value is -3.93. The summed E-state index contributed by atoms with van der Waals surface area (Å²) in [6.45, 7) is 10.6. The summed E-state index contributed by atoms with van der Waals surface area (Å²) >= 11 is 0. The maximum absolute atomic E-state index is 13.0. The summed E-state index contributed by atoms with van der Waals surface area (Å²) in [5.74, 6) is -0.780. The van der Waals surface area contributed by atoms with Crippen LogP contribution in [0, 0.1) is 5.92 Å². The second kappa shape index (κ2) is 10.2. The number of esters is 1. The molecule has 1 atom stereocenters. The molecule has 0 saturated heterocycles. The second-order valence-electron chi connectivity index (χ2n) is 10.9. The number of hydrogen-bond acceptors (Lipinski definition) is 4. The number of nitrogens with one attached hydrogen (secondary N) is 1. The molecule has 1 N–H and O–H groups in total. The third-order valence-electron chi connectivity index (χ3n) is 6.84. The van der Waals surface area contributed by atoms with E-state index in [0.29, 0.717) is 23.4 Å². The van der Waals surface area contributed by atoms with Crippen LogP contribution in [0.5, 0.6) is 0 Å². The first-order valence-electron chi connectivity index (χ1n) is 12.5. The number of hydrogen-bond donors (Lipinski definition) is 1. The van der Waals surface area contributed by atoms with Crippen molar-refractivity contribution in [2.75, 3.05) is 12.4 Å². The normalized spacial score (nSPS) is 13.9. The van der Waals surface area contributed by atoms with E-state index in [4.69, 9.17) is 4.74 Å². The molecule has 0 aromatic heterocycles. The molecule has 0 spiro atoms. The van der Waals surface area contributed by atoms with Crippen molar-refractivity contribution in [3.63, 3.8) is 0 Å². The molecule has 1 unspecified atom stereocenters. The van der Waals surface area contributed by atoms with Gasteiger partial charge in [-0.2, -0.15) is 0 Å². The van der Waals surface area contributed by atoms with Crippen LogP contribution in [0.1, 0.15) is 66.5 Å². The summed E-state index contributed by atoms with van der Waals surface area (Å²) in [5.41, 5.74) is 5.94. The fourth-order valence-corrected chi connectivity index (χ4v) is 4.70. The topological polar surface area (TPSA) is 75.7 Å². The van der Waals surface area contributed by atoms with Crippen molar-refractivity contribution in [3.8, 4) is 11.1 Å². The van der Waals surface area contributed by atoms with Crippen molar-refractivity contribution in [1.29, 1.82) is 0 Å². The van der Waals surface area contributed by atoms with Gasteiger partial charge in [-0.15, -0.1) is 0 Å². The van der Waals surface area contributed by atoms with Crippen LogP contribution < -0.4 is 5.32 Å². The molecule has 6 heteroatoms. The molecule has 2 amide bonds. The van der Waals surface area contributed by atoms with Gasteiger partial charge in [-0.1, -0.05) is 65.0 Å². The molecule has 0 fully saturated rings. The summed E-state index contributed by atoms with van der Waals surface area (Å²) in [5, 5.41) is 2.95. The van der Waals surface area contributed by atoms with E-state index in [2.05, 4.69) is 26.1 Å². The van der Waals surface area contributed by atoms with Gasteiger partial charge in [0, 0.05) is 23.4 Å². The van der Waals surface area contributed by atoms with Gasteiger partial charge >= 0.3 is 5.97 Å². The molecule has 6 nitrogen and oxygen atoms in total. The Bertz CT molecular complexity index is 1320. The van der Waals surface area contributed by atoms with Crippen molar-refractivity contribution < 1.29 is 19.1 Å². The SMILES string of the molecule is COC(=O)C(C(C)C)N1Cc2cc(-c3ccc(NC(=O)c4ccc(C(C)(C)C)cc4)cc3)ccc2C1=O. The van der Waals surface area contributed by atoms with Crippen LogP contribution in [-0.4, -0.2) is 35.8 Å². The molecule has 1 aliphatic rings. The van der Waals surface area contributed by atoms with Crippen molar-refractivity contribution in [3.05, 3.63) is 89.0 Å². The van der Waals surface area contributed by atoms with Gasteiger partial charge in [-0.25, -0.2) is 4.79 Å². The molecule has 0 aliphatic carbocycles. The quantitative estimate of drug-likeness (QED) is 0.420. The molecule has 1 heterocycles. The first-order valence-corrected chi connectivity index (χ1v) is 12.5. The summed E-state index contributed by atoms with van der Waals surface area (Å²) < 4.78 is 4.95. The summed E-state index contributed by atoms with van der Waals surface area (Å²) in [4.78, 5) is 39.7. The van der Waals surface area contributed by atoms with E-state index < -0.39 is 12.0 Å². The highest BCUT2D eigenvalue weighted by Crippen LogP contribution is 2.32. The third-order valence-corrected chi connectivity index (χ3v) is 6.84. The largest absolute Gasteiger partial charge is 0.467 e. The van der Waals surface area contributed by atoms with E-state index in [1.807, 2.05) is 80.6 Å². The van der Waals surface area contributed by atoms with Crippen LogP contribution in [-0.2, 0) is 21.5 Å². The van der Waals surface area contributed by atoms with Crippen LogP contribution in [0.3, 0.4) is 0 Å². The highest BCUT2D eigenvalue weighted by atomic mass is 16.5. The molecule has 192 valence electrons. The van der Waals surface area contributed by atoms with E-state index in [1.165, 1.54) is 12.7 Å². The van der Waals surface area contributed by atoms with Crippen molar-refractivity contribution in [2.24, 2.45) is 5.92 Å². The maximum Gasteiger partial charge on any atom is 0.328 e. The first kappa shape index (κ1) is 26.1. The van der Waals surface area contributed by atoms with Gasteiger partial charge in [0.05, 0.1) is 7.11 Å². The van der Waals surface area contributed by atoms with Crippen LogP contribution in [0.25, 0.3) is 11.1 Å². The van der Waals surface area contributed by atoms with E-state index in [0.717, 1.165) is 16.7 Å². The molecular formula is C31H34N2O4. The zero-order valence-corrected chi connectivity index (χ0v) is 22.3. The smallest absolute Gasteiger partial charge is 0.328 e. The number of carbonyl (C=O) groups excluding carboxylic acids is 3. The highest BCUT2D eigenvalue weighted by molar-refractivity contribution is 6.04. The van der Waals surface area contributed by atoms with Crippen LogP contribution >= 0.6 is 0 Å². The third kappa shape index (κ3) is 5.43. The Morgan fingerprint density at radius 3 is 2.11 bits per heavy atom. The molecule has 37 heavy (non-hydrogen) atoms. The monoisotopic (exact) mass is 498 g/mol. The number of carbonyl (C=O) groups is 3. The molecule has 3 aromatic carbocycles. The Labute approximate surface area is 218 Å².